The summed E-state index contributed by atoms with van der Waals surface area (Å²) in [6.45, 7) is 5.65. The maximum Gasteiger partial charge on any atom is 0.147 e. The topological polar surface area (TPSA) is 41.5 Å². The number of hydrogen-bond donors (Lipinski definition) is 0. The van der Waals surface area contributed by atoms with Crippen LogP contribution in [0.2, 0.25) is 0 Å². The van der Waals surface area contributed by atoms with Gasteiger partial charge in [0, 0.05) is 31.7 Å². The number of rotatable bonds is 5. The Morgan fingerprint density at radius 3 is 2.36 bits per heavy atom. The molecule has 0 bridgehead atoms. The number of ether oxygens (including phenoxy) is 1. The van der Waals surface area contributed by atoms with Crippen LogP contribution in [0.1, 0.15) is 6.92 Å². The van der Waals surface area contributed by atoms with E-state index in [0.29, 0.717) is 12.3 Å². The van der Waals surface area contributed by atoms with Crippen molar-refractivity contribution in [2.75, 3.05) is 42.6 Å². The molecule has 0 aliphatic carbocycles. The fourth-order valence-corrected chi connectivity index (χ4v) is 3.42. The van der Waals surface area contributed by atoms with Crippen LogP contribution in [0.3, 0.4) is 0 Å². The summed E-state index contributed by atoms with van der Waals surface area (Å²) in [5.74, 6) is 1.52. The van der Waals surface area contributed by atoms with Crippen molar-refractivity contribution in [2.24, 2.45) is 0 Å². The van der Waals surface area contributed by atoms with Gasteiger partial charge in [0.1, 0.15) is 17.4 Å². The van der Waals surface area contributed by atoms with Crippen molar-refractivity contribution >= 4 is 11.5 Å². The fourth-order valence-electron chi connectivity index (χ4n) is 3.42. The first-order valence-corrected chi connectivity index (χ1v) is 9.54. The van der Waals surface area contributed by atoms with Gasteiger partial charge < -0.3 is 14.5 Å². The summed E-state index contributed by atoms with van der Waals surface area (Å²) in [5.41, 5.74) is 2.50. The zero-order chi connectivity index (χ0) is 19.3. The monoisotopic (exact) mass is 378 g/mol. The van der Waals surface area contributed by atoms with Gasteiger partial charge in [0.2, 0.25) is 0 Å². The van der Waals surface area contributed by atoms with Gasteiger partial charge in [-0.3, -0.25) is 4.98 Å². The largest absolute Gasteiger partial charge is 0.494 e. The Kier molecular flexibility index (Phi) is 5.37. The Bertz CT molecular complexity index is 924. The Labute approximate surface area is 164 Å². The lowest BCUT2D eigenvalue weighted by Gasteiger charge is -2.36. The maximum atomic E-state index is 14.0. The maximum absolute atomic E-state index is 14.0. The molecule has 1 saturated heterocycles. The van der Waals surface area contributed by atoms with E-state index in [1.54, 1.807) is 18.5 Å². The molecule has 2 aromatic carbocycles. The van der Waals surface area contributed by atoms with E-state index < -0.39 is 0 Å². The van der Waals surface area contributed by atoms with E-state index >= 15 is 0 Å². The van der Waals surface area contributed by atoms with Gasteiger partial charge in [-0.15, -0.1) is 0 Å². The van der Waals surface area contributed by atoms with Crippen molar-refractivity contribution in [1.82, 2.24) is 9.97 Å². The Morgan fingerprint density at radius 1 is 0.929 bits per heavy atom. The third-order valence-electron chi connectivity index (χ3n) is 4.88. The normalized spacial score (nSPS) is 14.2. The lowest BCUT2D eigenvalue weighted by Crippen LogP contribution is -2.47. The van der Waals surface area contributed by atoms with E-state index in [2.05, 4.69) is 14.8 Å². The highest BCUT2D eigenvalue weighted by atomic mass is 19.1. The predicted molar refractivity (Wildman–Crippen MR) is 109 cm³/mol. The molecule has 28 heavy (non-hydrogen) atoms. The minimum absolute atomic E-state index is 0.173. The lowest BCUT2D eigenvalue weighted by molar-refractivity contribution is 0.340. The number of halogens is 1. The van der Waals surface area contributed by atoms with Crippen molar-refractivity contribution in [1.29, 1.82) is 0 Å². The zero-order valence-corrected chi connectivity index (χ0v) is 15.9. The first-order valence-electron chi connectivity index (χ1n) is 9.54. The molecule has 1 aliphatic rings. The molecule has 5 nitrogen and oxygen atoms in total. The molecule has 4 rings (SSSR count). The molecule has 1 aromatic heterocycles. The number of hydrogen-bond acceptors (Lipinski definition) is 5. The summed E-state index contributed by atoms with van der Waals surface area (Å²) < 4.78 is 19.5. The molecule has 0 unspecified atom stereocenters. The molecule has 0 amide bonds. The minimum Gasteiger partial charge on any atom is -0.494 e. The summed E-state index contributed by atoms with van der Waals surface area (Å²) in [6.07, 6.45) is 3.56. The van der Waals surface area contributed by atoms with Crippen LogP contribution in [0.5, 0.6) is 5.75 Å². The molecule has 0 radical (unpaired) electrons. The van der Waals surface area contributed by atoms with Gasteiger partial charge in [-0.05, 0) is 43.3 Å². The smallest absolute Gasteiger partial charge is 0.147 e. The SMILES string of the molecule is CCOc1ccc(-c2cncc(N3CCN(c4ccccc4F)CC3)n2)cc1. The van der Waals surface area contributed by atoms with Gasteiger partial charge in [0.25, 0.3) is 0 Å². The third kappa shape index (κ3) is 3.91. The predicted octanol–water partition coefficient (Wildman–Crippen LogP) is 4.01. The Morgan fingerprint density at radius 2 is 1.64 bits per heavy atom. The summed E-state index contributed by atoms with van der Waals surface area (Å²) in [7, 11) is 0. The molecule has 3 aromatic rings. The van der Waals surface area contributed by atoms with Gasteiger partial charge >= 0.3 is 0 Å². The molecule has 6 heteroatoms. The van der Waals surface area contributed by atoms with Gasteiger partial charge in [-0.2, -0.15) is 0 Å². The molecular formula is C22H23FN4O. The van der Waals surface area contributed by atoms with Crippen LogP contribution in [0.4, 0.5) is 15.9 Å². The van der Waals surface area contributed by atoms with Crippen LogP contribution in [-0.2, 0) is 0 Å². The molecule has 1 fully saturated rings. The zero-order valence-electron chi connectivity index (χ0n) is 15.9. The minimum atomic E-state index is -0.173. The number of benzene rings is 2. The van der Waals surface area contributed by atoms with Crippen molar-refractivity contribution in [2.45, 2.75) is 6.92 Å². The number of para-hydroxylation sites is 1. The van der Waals surface area contributed by atoms with E-state index in [9.17, 15) is 4.39 Å². The summed E-state index contributed by atoms with van der Waals surface area (Å²) in [5, 5.41) is 0. The number of piperazine rings is 1. The summed E-state index contributed by atoms with van der Waals surface area (Å²) in [6, 6.07) is 14.8. The average Bonchev–Trinajstić information content (AvgIpc) is 2.75. The molecule has 1 aliphatic heterocycles. The van der Waals surface area contributed by atoms with E-state index in [1.807, 2.05) is 43.3 Å². The van der Waals surface area contributed by atoms with Crippen LogP contribution < -0.4 is 14.5 Å². The van der Waals surface area contributed by atoms with Crippen LogP contribution in [-0.4, -0.2) is 42.8 Å². The summed E-state index contributed by atoms with van der Waals surface area (Å²) in [4.78, 5) is 13.4. The standard InChI is InChI=1S/C22H23FN4O/c1-2-28-18-9-7-17(8-10-18)20-15-24-16-22(25-20)27-13-11-26(12-14-27)21-6-4-3-5-19(21)23/h3-10,15-16H,2,11-14H2,1H3. The number of aromatic nitrogens is 2. The van der Waals surface area contributed by atoms with Crippen LogP contribution in [0.15, 0.2) is 60.9 Å². The second-order valence-corrected chi connectivity index (χ2v) is 6.65. The second-order valence-electron chi connectivity index (χ2n) is 6.65. The summed E-state index contributed by atoms with van der Waals surface area (Å²) >= 11 is 0. The van der Waals surface area contributed by atoms with Crippen LogP contribution in [0.25, 0.3) is 11.3 Å². The third-order valence-corrected chi connectivity index (χ3v) is 4.88. The van der Waals surface area contributed by atoms with Gasteiger partial charge in [-0.25, -0.2) is 9.37 Å². The van der Waals surface area contributed by atoms with E-state index in [0.717, 1.165) is 49.0 Å². The van der Waals surface area contributed by atoms with Crippen molar-refractivity contribution in [3.63, 3.8) is 0 Å². The molecule has 0 N–H and O–H groups in total. The molecule has 2 heterocycles. The molecule has 0 spiro atoms. The first kappa shape index (κ1) is 18.2. The lowest BCUT2D eigenvalue weighted by atomic mass is 10.1. The quantitative estimate of drug-likeness (QED) is 0.671. The Balaban J connectivity index is 1.46. The molecular weight excluding hydrogens is 355 g/mol. The van der Waals surface area contributed by atoms with Crippen LogP contribution >= 0.6 is 0 Å². The van der Waals surface area contributed by atoms with Gasteiger partial charge in [-0.1, -0.05) is 12.1 Å². The van der Waals surface area contributed by atoms with Crippen molar-refractivity contribution < 1.29 is 9.13 Å². The van der Waals surface area contributed by atoms with Crippen molar-refractivity contribution in [3.05, 3.63) is 66.7 Å². The molecule has 0 saturated carbocycles. The van der Waals surface area contributed by atoms with E-state index in [-0.39, 0.29) is 5.82 Å². The van der Waals surface area contributed by atoms with Crippen LogP contribution in [0, 0.1) is 5.82 Å². The van der Waals surface area contributed by atoms with E-state index in [1.165, 1.54) is 6.07 Å². The highest BCUT2D eigenvalue weighted by Gasteiger charge is 2.20. The van der Waals surface area contributed by atoms with E-state index in [4.69, 9.17) is 9.72 Å². The number of anilines is 2. The molecule has 144 valence electrons. The average molecular weight is 378 g/mol. The highest BCUT2D eigenvalue weighted by Crippen LogP contribution is 2.24. The van der Waals surface area contributed by atoms with Gasteiger partial charge in [0.05, 0.1) is 30.4 Å². The highest BCUT2D eigenvalue weighted by molar-refractivity contribution is 5.61. The Hall–Kier alpha value is -3.15. The van der Waals surface area contributed by atoms with Crippen molar-refractivity contribution in [3.8, 4) is 17.0 Å². The fraction of sp³-hybridized carbons (Fsp3) is 0.273. The second kappa shape index (κ2) is 8.25. The molecule has 0 atom stereocenters. The first-order chi connectivity index (χ1) is 13.7. The number of nitrogens with zero attached hydrogens (tertiary/aromatic N) is 4. The van der Waals surface area contributed by atoms with Gasteiger partial charge in [0.15, 0.2) is 0 Å².